The van der Waals surface area contributed by atoms with Gasteiger partial charge in [0.25, 0.3) is 0 Å². The molecular weight excluding hydrogens is 232 g/mol. The van der Waals surface area contributed by atoms with Gasteiger partial charge in [0.05, 0.1) is 18.6 Å². The van der Waals surface area contributed by atoms with Gasteiger partial charge < -0.3 is 14.9 Å². The van der Waals surface area contributed by atoms with Crippen LogP contribution in [0, 0.1) is 5.41 Å². The Labute approximate surface area is 107 Å². The van der Waals surface area contributed by atoms with Crippen molar-refractivity contribution in [3.8, 4) is 5.75 Å². The average molecular weight is 252 g/mol. The first-order valence-electron chi connectivity index (χ1n) is 6.02. The quantitative estimate of drug-likeness (QED) is 0.731. The maximum Gasteiger partial charge on any atom is 0.309 e. The van der Waals surface area contributed by atoms with Crippen LogP contribution < -0.4 is 4.74 Å². The van der Waals surface area contributed by atoms with Gasteiger partial charge >= 0.3 is 5.97 Å². The maximum atomic E-state index is 10.9. The highest BCUT2D eigenvalue weighted by Crippen LogP contribution is 2.22. The second-order valence-electron chi connectivity index (χ2n) is 4.95. The van der Waals surface area contributed by atoms with Crippen LogP contribution in [0.1, 0.15) is 32.3 Å². The monoisotopic (exact) mass is 252 g/mol. The van der Waals surface area contributed by atoms with Gasteiger partial charge in [0.2, 0.25) is 0 Å². The largest absolute Gasteiger partial charge is 0.494 e. The van der Waals surface area contributed by atoms with E-state index >= 15 is 0 Å². The number of aliphatic hydroxyl groups excluding tert-OH is 1. The molecule has 0 unspecified atom stereocenters. The molecule has 0 aliphatic carbocycles. The van der Waals surface area contributed by atoms with Gasteiger partial charge in [-0.2, -0.15) is 0 Å². The number of aliphatic hydroxyl groups is 1. The molecule has 0 bridgehead atoms. The van der Waals surface area contributed by atoms with Crippen LogP contribution in [-0.2, 0) is 11.4 Å². The van der Waals surface area contributed by atoms with E-state index in [4.69, 9.17) is 14.9 Å². The lowest BCUT2D eigenvalue weighted by molar-refractivity contribution is -0.147. The van der Waals surface area contributed by atoms with Gasteiger partial charge in [0.15, 0.2) is 0 Å². The van der Waals surface area contributed by atoms with E-state index in [2.05, 4.69) is 0 Å². The number of benzene rings is 1. The van der Waals surface area contributed by atoms with Crippen molar-refractivity contribution >= 4 is 5.97 Å². The third-order valence-corrected chi connectivity index (χ3v) is 2.87. The van der Waals surface area contributed by atoms with Crippen molar-refractivity contribution in [2.24, 2.45) is 5.41 Å². The van der Waals surface area contributed by atoms with E-state index in [1.165, 1.54) is 0 Å². The highest BCUT2D eigenvalue weighted by Gasteiger charge is 2.26. The number of ether oxygens (including phenoxy) is 1. The van der Waals surface area contributed by atoms with Crippen molar-refractivity contribution in [1.82, 2.24) is 0 Å². The second kappa shape index (κ2) is 6.40. The smallest absolute Gasteiger partial charge is 0.309 e. The molecule has 18 heavy (non-hydrogen) atoms. The van der Waals surface area contributed by atoms with E-state index in [9.17, 15) is 4.79 Å². The van der Waals surface area contributed by atoms with E-state index in [1.54, 1.807) is 19.9 Å². The molecule has 100 valence electrons. The lowest BCUT2D eigenvalue weighted by Crippen LogP contribution is -2.24. The molecule has 1 rings (SSSR count). The summed E-state index contributed by atoms with van der Waals surface area (Å²) in [6.07, 6.45) is 1.25. The highest BCUT2D eigenvalue weighted by atomic mass is 16.5. The van der Waals surface area contributed by atoms with E-state index in [0.717, 1.165) is 5.56 Å². The van der Waals surface area contributed by atoms with Gasteiger partial charge in [-0.15, -0.1) is 0 Å². The lowest BCUT2D eigenvalue weighted by atomic mass is 9.88. The summed E-state index contributed by atoms with van der Waals surface area (Å²) in [6, 6.07) is 7.24. The third kappa shape index (κ3) is 4.37. The molecule has 0 saturated heterocycles. The Kier molecular flexibility index (Phi) is 5.16. The van der Waals surface area contributed by atoms with Crippen LogP contribution in [0.4, 0.5) is 0 Å². The van der Waals surface area contributed by atoms with Gasteiger partial charge in [-0.3, -0.25) is 4.79 Å². The molecule has 0 fully saturated rings. The van der Waals surface area contributed by atoms with Crippen LogP contribution >= 0.6 is 0 Å². The number of aliphatic carboxylic acids is 1. The van der Waals surface area contributed by atoms with Gasteiger partial charge in [-0.1, -0.05) is 12.1 Å². The molecule has 0 atom stereocenters. The SMILES string of the molecule is CC(C)(CCCOc1cccc(CO)c1)C(=O)O. The minimum atomic E-state index is -0.787. The zero-order chi connectivity index (χ0) is 13.6. The van der Waals surface area contributed by atoms with Crippen molar-refractivity contribution in [3.05, 3.63) is 29.8 Å². The number of carbonyl (C=O) groups is 1. The number of hydrogen-bond acceptors (Lipinski definition) is 3. The number of carboxylic acids is 1. The molecule has 0 amide bonds. The average Bonchev–Trinajstić information content (AvgIpc) is 2.35. The van der Waals surface area contributed by atoms with Crippen molar-refractivity contribution in [1.29, 1.82) is 0 Å². The highest BCUT2D eigenvalue weighted by molar-refractivity contribution is 5.73. The van der Waals surface area contributed by atoms with Gasteiger partial charge in [-0.05, 0) is 44.4 Å². The minimum Gasteiger partial charge on any atom is -0.494 e. The Morgan fingerprint density at radius 1 is 1.39 bits per heavy atom. The Morgan fingerprint density at radius 2 is 2.11 bits per heavy atom. The molecule has 0 saturated carbocycles. The lowest BCUT2D eigenvalue weighted by Gasteiger charge is -2.18. The van der Waals surface area contributed by atoms with Crippen molar-refractivity contribution < 1.29 is 19.7 Å². The normalized spacial score (nSPS) is 11.3. The Bertz CT molecular complexity index is 399. The summed E-state index contributed by atoms with van der Waals surface area (Å²) >= 11 is 0. The van der Waals surface area contributed by atoms with E-state index in [-0.39, 0.29) is 6.61 Å². The fourth-order valence-electron chi connectivity index (χ4n) is 1.54. The molecule has 0 spiro atoms. The molecule has 1 aromatic rings. The minimum absolute atomic E-state index is 0.0107. The first kappa shape index (κ1) is 14.5. The van der Waals surface area contributed by atoms with E-state index in [1.807, 2.05) is 18.2 Å². The van der Waals surface area contributed by atoms with Gasteiger partial charge in [0.1, 0.15) is 5.75 Å². The van der Waals surface area contributed by atoms with Crippen molar-refractivity contribution in [2.45, 2.75) is 33.3 Å². The molecule has 0 heterocycles. The Balaban J connectivity index is 2.36. The van der Waals surface area contributed by atoms with Crippen LogP contribution in [0.15, 0.2) is 24.3 Å². The van der Waals surface area contributed by atoms with Gasteiger partial charge in [0, 0.05) is 0 Å². The summed E-state index contributed by atoms with van der Waals surface area (Å²) in [5, 5.41) is 17.9. The zero-order valence-corrected chi connectivity index (χ0v) is 10.8. The summed E-state index contributed by atoms with van der Waals surface area (Å²) in [4.78, 5) is 10.9. The number of rotatable bonds is 7. The standard InChI is InChI=1S/C14H20O4/c1-14(2,13(16)17)7-4-8-18-12-6-3-5-11(9-12)10-15/h3,5-6,9,15H,4,7-8,10H2,1-2H3,(H,16,17). The first-order chi connectivity index (χ1) is 8.45. The number of carboxylic acid groups (broad SMARTS) is 1. The molecule has 4 heteroatoms. The predicted molar refractivity (Wildman–Crippen MR) is 68.5 cm³/mol. The van der Waals surface area contributed by atoms with E-state index < -0.39 is 11.4 Å². The van der Waals surface area contributed by atoms with Crippen LogP contribution in [-0.4, -0.2) is 22.8 Å². The molecule has 2 N–H and O–H groups in total. The fraction of sp³-hybridized carbons (Fsp3) is 0.500. The molecule has 0 aliphatic rings. The van der Waals surface area contributed by atoms with Gasteiger partial charge in [-0.25, -0.2) is 0 Å². The Hall–Kier alpha value is -1.55. The first-order valence-corrected chi connectivity index (χ1v) is 6.02. The second-order valence-corrected chi connectivity index (χ2v) is 4.95. The molecule has 0 aliphatic heterocycles. The molecule has 4 nitrogen and oxygen atoms in total. The molecule has 1 aromatic carbocycles. The van der Waals surface area contributed by atoms with Crippen LogP contribution in [0.2, 0.25) is 0 Å². The van der Waals surface area contributed by atoms with Crippen LogP contribution in [0.5, 0.6) is 5.75 Å². The number of hydrogen-bond donors (Lipinski definition) is 2. The summed E-state index contributed by atoms with van der Waals surface area (Å²) in [6.45, 7) is 3.89. The summed E-state index contributed by atoms with van der Waals surface area (Å²) in [5.74, 6) is -0.0838. The molecule has 0 radical (unpaired) electrons. The van der Waals surface area contributed by atoms with Crippen LogP contribution in [0.3, 0.4) is 0 Å². The summed E-state index contributed by atoms with van der Waals surface area (Å²) in [7, 11) is 0. The Morgan fingerprint density at radius 3 is 2.72 bits per heavy atom. The van der Waals surface area contributed by atoms with Crippen LogP contribution in [0.25, 0.3) is 0 Å². The predicted octanol–water partition coefficient (Wildman–Crippen LogP) is 2.45. The van der Waals surface area contributed by atoms with E-state index in [0.29, 0.717) is 25.2 Å². The van der Waals surface area contributed by atoms with Crippen molar-refractivity contribution in [2.75, 3.05) is 6.61 Å². The molecule has 0 aromatic heterocycles. The fourth-order valence-corrected chi connectivity index (χ4v) is 1.54. The zero-order valence-electron chi connectivity index (χ0n) is 10.8. The summed E-state index contributed by atoms with van der Waals surface area (Å²) < 4.78 is 5.52. The van der Waals surface area contributed by atoms with Crippen molar-refractivity contribution in [3.63, 3.8) is 0 Å². The molecular formula is C14H20O4. The maximum absolute atomic E-state index is 10.9. The summed E-state index contributed by atoms with van der Waals surface area (Å²) in [5.41, 5.74) is 0.0920. The third-order valence-electron chi connectivity index (χ3n) is 2.87. The topological polar surface area (TPSA) is 66.8 Å².